The van der Waals surface area contributed by atoms with E-state index in [0.29, 0.717) is 0 Å². The van der Waals surface area contributed by atoms with Crippen LogP contribution < -0.4 is 4.90 Å². The second-order valence-corrected chi connectivity index (χ2v) is 4.09. The Morgan fingerprint density at radius 1 is 1.07 bits per heavy atom. The number of nitrogens with zero attached hydrogens (tertiary/aromatic N) is 1. The van der Waals surface area contributed by atoms with E-state index in [1.165, 1.54) is 31.6 Å². The molecule has 1 heterocycles. The van der Waals surface area contributed by atoms with Crippen LogP contribution in [0.2, 0.25) is 0 Å². The number of halogens is 1. The van der Waals surface area contributed by atoms with Crippen molar-refractivity contribution in [3.8, 4) is 0 Å². The molecule has 1 fully saturated rings. The van der Waals surface area contributed by atoms with Crippen molar-refractivity contribution in [1.29, 1.82) is 0 Å². The average molecular weight is 256 g/mol. The van der Waals surface area contributed by atoms with Crippen molar-refractivity contribution < 1.29 is 4.79 Å². The van der Waals surface area contributed by atoms with Gasteiger partial charge in [-0.25, -0.2) is 0 Å². The summed E-state index contributed by atoms with van der Waals surface area (Å²) in [6.07, 6.45) is 2.69. The smallest absolute Gasteiger partial charge is 0.106 e. The van der Waals surface area contributed by atoms with Crippen molar-refractivity contribution in [1.82, 2.24) is 0 Å². The molecule has 1 saturated heterocycles. The fourth-order valence-electron chi connectivity index (χ4n) is 1.63. The van der Waals surface area contributed by atoms with E-state index < -0.39 is 0 Å². The Morgan fingerprint density at radius 2 is 1.57 bits per heavy atom. The third-order valence-electron chi connectivity index (χ3n) is 2.30. The highest BCUT2D eigenvalue weighted by Crippen LogP contribution is 2.21. The lowest BCUT2D eigenvalue weighted by Crippen LogP contribution is -2.17. The van der Waals surface area contributed by atoms with Gasteiger partial charge in [-0.1, -0.05) is 15.9 Å². The third-order valence-corrected chi connectivity index (χ3v) is 2.83. The van der Waals surface area contributed by atoms with E-state index in [9.17, 15) is 0 Å². The van der Waals surface area contributed by atoms with Gasteiger partial charge in [0, 0.05) is 23.2 Å². The number of anilines is 1. The quantitative estimate of drug-likeness (QED) is 0.770. The fraction of sp³-hybridized carbons (Fsp3) is 0.364. The van der Waals surface area contributed by atoms with Crippen LogP contribution in [0.5, 0.6) is 0 Å². The first-order valence-electron chi connectivity index (χ1n) is 4.66. The summed E-state index contributed by atoms with van der Waals surface area (Å²) in [6, 6.07) is 8.56. The molecule has 0 N–H and O–H groups in total. The zero-order valence-electron chi connectivity index (χ0n) is 8.08. The monoisotopic (exact) mass is 255 g/mol. The molecule has 0 saturated carbocycles. The normalized spacial score (nSPS) is 14.8. The Labute approximate surface area is 93.0 Å². The van der Waals surface area contributed by atoms with Gasteiger partial charge in [0.25, 0.3) is 0 Å². The van der Waals surface area contributed by atoms with E-state index in [4.69, 9.17) is 4.79 Å². The maximum absolute atomic E-state index is 8.00. The number of hydrogen-bond donors (Lipinski definition) is 0. The van der Waals surface area contributed by atoms with Crippen molar-refractivity contribution >= 4 is 28.4 Å². The molecule has 0 amide bonds. The van der Waals surface area contributed by atoms with Gasteiger partial charge in [-0.3, -0.25) is 0 Å². The predicted octanol–water partition coefficient (Wildman–Crippen LogP) is 2.86. The maximum atomic E-state index is 8.00. The van der Waals surface area contributed by atoms with Crippen molar-refractivity contribution in [3.05, 3.63) is 28.7 Å². The lowest BCUT2D eigenvalue weighted by Gasteiger charge is -2.16. The van der Waals surface area contributed by atoms with Gasteiger partial charge in [0.05, 0.1) is 0 Å². The minimum atomic E-state index is 1.16. The molecule has 14 heavy (non-hydrogen) atoms. The zero-order valence-corrected chi connectivity index (χ0v) is 9.66. The van der Waals surface area contributed by atoms with Gasteiger partial charge >= 0.3 is 0 Å². The standard InChI is InChI=1S/C10H12BrN.CH2O/c11-9-3-5-10(6-4-9)12-7-1-2-8-12;1-2/h3-6H,1-2,7-8H2;1H2. The first kappa shape index (κ1) is 11.2. The predicted molar refractivity (Wildman–Crippen MR) is 62.7 cm³/mol. The van der Waals surface area contributed by atoms with Gasteiger partial charge in [-0.15, -0.1) is 0 Å². The minimum Gasteiger partial charge on any atom is -0.372 e. The lowest BCUT2D eigenvalue weighted by molar-refractivity contribution is -0.0979. The number of benzene rings is 1. The van der Waals surface area contributed by atoms with Gasteiger partial charge in [-0.2, -0.15) is 0 Å². The number of carbonyl (C=O) groups excluding carboxylic acids is 1. The molecular formula is C11H14BrNO. The van der Waals surface area contributed by atoms with E-state index in [1.807, 2.05) is 6.79 Å². The van der Waals surface area contributed by atoms with E-state index >= 15 is 0 Å². The molecule has 0 spiro atoms. The summed E-state index contributed by atoms with van der Waals surface area (Å²) in [5.74, 6) is 0. The number of hydrogen-bond acceptors (Lipinski definition) is 2. The Morgan fingerprint density at radius 3 is 2.07 bits per heavy atom. The van der Waals surface area contributed by atoms with E-state index in [2.05, 4.69) is 45.1 Å². The zero-order chi connectivity index (χ0) is 10.4. The summed E-state index contributed by atoms with van der Waals surface area (Å²) < 4.78 is 1.16. The molecule has 76 valence electrons. The molecule has 1 aliphatic rings. The van der Waals surface area contributed by atoms with Crippen LogP contribution in [-0.4, -0.2) is 19.9 Å². The Kier molecular flexibility index (Phi) is 4.66. The summed E-state index contributed by atoms with van der Waals surface area (Å²) >= 11 is 3.44. The SMILES string of the molecule is Brc1ccc(N2CCCC2)cc1.C=O. The molecule has 1 aromatic rings. The Hall–Kier alpha value is -0.830. The van der Waals surface area contributed by atoms with Crippen molar-refractivity contribution in [2.45, 2.75) is 12.8 Å². The average Bonchev–Trinajstić information content (AvgIpc) is 2.75. The van der Waals surface area contributed by atoms with Crippen LogP contribution in [0.3, 0.4) is 0 Å². The highest BCUT2D eigenvalue weighted by Gasteiger charge is 2.11. The van der Waals surface area contributed by atoms with Gasteiger partial charge in [0.1, 0.15) is 6.79 Å². The molecule has 1 aromatic carbocycles. The summed E-state index contributed by atoms with van der Waals surface area (Å²) in [7, 11) is 0. The van der Waals surface area contributed by atoms with Crippen LogP contribution in [0, 0.1) is 0 Å². The molecule has 3 heteroatoms. The third kappa shape index (κ3) is 2.84. The molecular weight excluding hydrogens is 242 g/mol. The molecule has 2 nitrogen and oxygen atoms in total. The van der Waals surface area contributed by atoms with Crippen molar-refractivity contribution in [2.75, 3.05) is 18.0 Å². The first-order chi connectivity index (χ1) is 6.86. The van der Waals surface area contributed by atoms with Gasteiger partial charge < -0.3 is 9.69 Å². The second kappa shape index (κ2) is 5.81. The van der Waals surface area contributed by atoms with E-state index in [-0.39, 0.29) is 0 Å². The Bertz CT molecular complexity index is 267. The van der Waals surface area contributed by atoms with Crippen molar-refractivity contribution in [3.63, 3.8) is 0 Å². The highest BCUT2D eigenvalue weighted by molar-refractivity contribution is 9.10. The topological polar surface area (TPSA) is 20.3 Å². The summed E-state index contributed by atoms with van der Waals surface area (Å²) in [4.78, 5) is 10.4. The van der Waals surface area contributed by atoms with Gasteiger partial charge in [-0.05, 0) is 37.1 Å². The maximum Gasteiger partial charge on any atom is 0.106 e. The van der Waals surface area contributed by atoms with Crippen LogP contribution in [0.25, 0.3) is 0 Å². The van der Waals surface area contributed by atoms with E-state index in [1.54, 1.807) is 0 Å². The lowest BCUT2D eigenvalue weighted by atomic mass is 10.3. The molecule has 0 aliphatic carbocycles. The molecule has 2 rings (SSSR count). The van der Waals surface area contributed by atoms with Crippen LogP contribution in [0.4, 0.5) is 5.69 Å². The van der Waals surface area contributed by atoms with Crippen LogP contribution in [0.1, 0.15) is 12.8 Å². The minimum absolute atomic E-state index is 1.16. The highest BCUT2D eigenvalue weighted by atomic mass is 79.9. The molecule has 0 radical (unpaired) electrons. The summed E-state index contributed by atoms with van der Waals surface area (Å²) in [5.41, 5.74) is 1.36. The molecule has 0 atom stereocenters. The van der Waals surface area contributed by atoms with Crippen LogP contribution in [-0.2, 0) is 4.79 Å². The summed E-state index contributed by atoms with van der Waals surface area (Å²) in [6.45, 7) is 4.45. The molecule has 0 aromatic heterocycles. The summed E-state index contributed by atoms with van der Waals surface area (Å²) in [5, 5.41) is 0. The molecule has 0 unspecified atom stereocenters. The van der Waals surface area contributed by atoms with Crippen LogP contribution >= 0.6 is 15.9 Å². The number of carbonyl (C=O) groups is 1. The van der Waals surface area contributed by atoms with Gasteiger partial charge in [0.15, 0.2) is 0 Å². The molecule has 0 bridgehead atoms. The van der Waals surface area contributed by atoms with E-state index in [0.717, 1.165) is 4.47 Å². The largest absolute Gasteiger partial charge is 0.372 e. The number of rotatable bonds is 1. The fourth-order valence-corrected chi connectivity index (χ4v) is 1.89. The van der Waals surface area contributed by atoms with Gasteiger partial charge in [0.2, 0.25) is 0 Å². The van der Waals surface area contributed by atoms with Crippen LogP contribution in [0.15, 0.2) is 28.7 Å². The second-order valence-electron chi connectivity index (χ2n) is 3.17. The Balaban J connectivity index is 0.000000461. The first-order valence-corrected chi connectivity index (χ1v) is 5.45. The van der Waals surface area contributed by atoms with Crippen molar-refractivity contribution in [2.24, 2.45) is 0 Å². The molecule has 1 aliphatic heterocycles.